The van der Waals surface area contributed by atoms with Gasteiger partial charge in [-0.1, -0.05) is 60.7 Å². The third-order valence-corrected chi connectivity index (χ3v) is 4.23. The van der Waals surface area contributed by atoms with E-state index < -0.39 is 0 Å². The smallest absolute Gasteiger partial charge is 0.234 e. The highest BCUT2D eigenvalue weighted by molar-refractivity contribution is 5.78. The van der Waals surface area contributed by atoms with Crippen LogP contribution in [-0.4, -0.2) is 23.9 Å². The van der Waals surface area contributed by atoms with Gasteiger partial charge in [-0.2, -0.15) is 0 Å². The van der Waals surface area contributed by atoms with Crippen molar-refractivity contribution < 1.29 is 4.79 Å². The number of amides is 1. The molecule has 1 aliphatic rings. The number of hydrogen-bond acceptors (Lipinski definition) is 2. The second-order valence-electron chi connectivity index (χ2n) is 5.80. The standard InChI is InChI=1S/C19H22N2O/c22-19(20-14-16-8-3-1-4-9-16)15-21-13-7-12-18(21)17-10-5-2-6-11-17/h1-6,8-11,18H,7,12-15H2,(H,20,22)/t18-/m1/s1. The van der Waals surface area contributed by atoms with Crippen LogP contribution in [0.4, 0.5) is 0 Å². The summed E-state index contributed by atoms with van der Waals surface area (Å²) in [5, 5.41) is 3.02. The summed E-state index contributed by atoms with van der Waals surface area (Å²) >= 11 is 0. The van der Waals surface area contributed by atoms with Gasteiger partial charge >= 0.3 is 0 Å². The summed E-state index contributed by atoms with van der Waals surface area (Å²) in [6, 6.07) is 20.9. The van der Waals surface area contributed by atoms with Gasteiger partial charge in [0.25, 0.3) is 0 Å². The van der Waals surface area contributed by atoms with Crippen LogP contribution in [0, 0.1) is 0 Å². The zero-order valence-corrected chi connectivity index (χ0v) is 12.7. The lowest BCUT2D eigenvalue weighted by molar-refractivity contribution is -0.122. The van der Waals surface area contributed by atoms with Crippen LogP contribution in [0.3, 0.4) is 0 Å². The van der Waals surface area contributed by atoms with Crippen molar-refractivity contribution in [2.24, 2.45) is 0 Å². The van der Waals surface area contributed by atoms with E-state index in [0.717, 1.165) is 24.9 Å². The molecule has 3 heteroatoms. The molecule has 0 aromatic heterocycles. The number of nitrogens with zero attached hydrogens (tertiary/aromatic N) is 1. The Morgan fingerprint density at radius 3 is 2.45 bits per heavy atom. The SMILES string of the molecule is O=C(CN1CCC[C@@H]1c1ccccc1)NCc1ccccc1. The molecule has 1 fully saturated rings. The van der Waals surface area contributed by atoms with Crippen LogP contribution < -0.4 is 5.32 Å². The molecule has 1 atom stereocenters. The Balaban J connectivity index is 1.54. The number of likely N-dealkylation sites (tertiary alicyclic amines) is 1. The molecule has 114 valence electrons. The van der Waals surface area contributed by atoms with Gasteiger partial charge in [0.05, 0.1) is 6.54 Å². The Labute approximate surface area is 132 Å². The highest BCUT2D eigenvalue weighted by Gasteiger charge is 2.27. The molecular formula is C19H22N2O. The maximum absolute atomic E-state index is 12.2. The molecule has 1 N–H and O–H groups in total. The quantitative estimate of drug-likeness (QED) is 0.919. The Kier molecular flexibility index (Phi) is 4.86. The molecule has 0 aliphatic carbocycles. The number of carbonyl (C=O) groups is 1. The topological polar surface area (TPSA) is 32.3 Å². The van der Waals surface area contributed by atoms with Crippen LogP contribution >= 0.6 is 0 Å². The zero-order chi connectivity index (χ0) is 15.2. The number of carbonyl (C=O) groups excluding carboxylic acids is 1. The number of nitrogens with one attached hydrogen (secondary N) is 1. The normalized spacial score (nSPS) is 18.3. The summed E-state index contributed by atoms with van der Waals surface area (Å²) in [6.07, 6.45) is 2.29. The first-order valence-electron chi connectivity index (χ1n) is 7.92. The van der Waals surface area contributed by atoms with Crippen LogP contribution in [0.1, 0.15) is 30.0 Å². The van der Waals surface area contributed by atoms with Gasteiger partial charge in [0.2, 0.25) is 5.91 Å². The van der Waals surface area contributed by atoms with Crippen molar-refractivity contribution >= 4 is 5.91 Å². The van der Waals surface area contributed by atoms with Crippen molar-refractivity contribution in [2.45, 2.75) is 25.4 Å². The average molecular weight is 294 g/mol. The average Bonchev–Trinajstić information content (AvgIpc) is 3.03. The number of hydrogen-bond donors (Lipinski definition) is 1. The first kappa shape index (κ1) is 14.8. The third kappa shape index (κ3) is 3.74. The van der Waals surface area contributed by atoms with Gasteiger partial charge in [0.1, 0.15) is 0 Å². The van der Waals surface area contributed by atoms with Gasteiger partial charge in [-0.25, -0.2) is 0 Å². The van der Waals surface area contributed by atoms with Crippen LogP contribution in [-0.2, 0) is 11.3 Å². The van der Waals surface area contributed by atoms with E-state index in [2.05, 4.69) is 34.5 Å². The largest absolute Gasteiger partial charge is 0.351 e. The van der Waals surface area contributed by atoms with E-state index in [1.807, 2.05) is 36.4 Å². The summed E-state index contributed by atoms with van der Waals surface area (Å²) in [6.45, 7) is 2.08. The van der Waals surface area contributed by atoms with Gasteiger partial charge in [-0.05, 0) is 30.5 Å². The molecule has 1 aliphatic heterocycles. The first-order valence-corrected chi connectivity index (χ1v) is 7.92. The fourth-order valence-electron chi connectivity index (χ4n) is 3.10. The van der Waals surface area contributed by atoms with Crippen molar-refractivity contribution in [3.05, 3.63) is 71.8 Å². The summed E-state index contributed by atoms with van der Waals surface area (Å²) in [5.41, 5.74) is 2.45. The van der Waals surface area contributed by atoms with Crippen LogP contribution in [0.5, 0.6) is 0 Å². The van der Waals surface area contributed by atoms with Gasteiger partial charge in [-0.15, -0.1) is 0 Å². The second kappa shape index (κ2) is 7.23. The molecule has 0 unspecified atom stereocenters. The maximum Gasteiger partial charge on any atom is 0.234 e. The van der Waals surface area contributed by atoms with Crippen LogP contribution in [0.2, 0.25) is 0 Å². The molecule has 1 saturated heterocycles. The highest BCUT2D eigenvalue weighted by atomic mass is 16.2. The molecule has 1 heterocycles. The van der Waals surface area contributed by atoms with Crippen molar-refractivity contribution in [3.8, 4) is 0 Å². The lowest BCUT2D eigenvalue weighted by Gasteiger charge is -2.24. The van der Waals surface area contributed by atoms with Gasteiger partial charge in [-0.3, -0.25) is 9.69 Å². The van der Waals surface area contributed by atoms with Crippen molar-refractivity contribution in [3.63, 3.8) is 0 Å². The molecule has 1 amide bonds. The van der Waals surface area contributed by atoms with Crippen LogP contribution in [0.15, 0.2) is 60.7 Å². The van der Waals surface area contributed by atoms with Gasteiger partial charge in [0, 0.05) is 12.6 Å². The van der Waals surface area contributed by atoms with Crippen molar-refractivity contribution in [2.75, 3.05) is 13.1 Å². The predicted molar refractivity (Wildman–Crippen MR) is 88.3 cm³/mol. The van der Waals surface area contributed by atoms with E-state index in [9.17, 15) is 4.79 Å². The number of benzene rings is 2. The summed E-state index contributed by atoms with van der Waals surface area (Å²) in [5.74, 6) is 0.103. The molecule has 3 nitrogen and oxygen atoms in total. The highest BCUT2D eigenvalue weighted by Crippen LogP contribution is 2.31. The monoisotopic (exact) mass is 294 g/mol. The number of rotatable bonds is 5. The minimum atomic E-state index is 0.103. The zero-order valence-electron chi connectivity index (χ0n) is 12.7. The van der Waals surface area contributed by atoms with E-state index in [1.54, 1.807) is 0 Å². The molecule has 22 heavy (non-hydrogen) atoms. The first-order chi connectivity index (χ1) is 10.8. The molecule has 2 aromatic rings. The van der Waals surface area contributed by atoms with E-state index in [0.29, 0.717) is 19.1 Å². The Morgan fingerprint density at radius 1 is 1.05 bits per heavy atom. The molecule has 0 spiro atoms. The Bertz CT molecular complexity index is 597. The molecular weight excluding hydrogens is 272 g/mol. The van der Waals surface area contributed by atoms with Gasteiger partial charge in [0.15, 0.2) is 0 Å². The fourth-order valence-corrected chi connectivity index (χ4v) is 3.10. The summed E-state index contributed by atoms with van der Waals surface area (Å²) in [4.78, 5) is 14.5. The van der Waals surface area contributed by atoms with E-state index in [1.165, 1.54) is 5.56 Å². The molecule has 0 radical (unpaired) electrons. The lowest BCUT2D eigenvalue weighted by atomic mass is 10.0. The molecule has 3 rings (SSSR count). The maximum atomic E-state index is 12.2. The molecule has 0 bridgehead atoms. The van der Waals surface area contributed by atoms with Gasteiger partial charge < -0.3 is 5.32 Å². The Morgan fingerprint density at radius 2 is 1.73 bits per heavy atom. The molecule has 0 saturated carbocycles. The Hall–Kier alpha value is -2.13. The second-order valence-corrected chi connectivity index (χ2v) is 5.80. The summed E-state index contributed by atoms with van der Waals surface area (Å²) < 4.78 is 0. The van der Waals surface area contributed by atoms with E-state index in [4.69, 9.17) is 0 Å². The van der Waals surface area contributed by atoms with Crippen molar-refractivity contribution in [1.29, 1.82) is 0 Å². The fraction of sp³-hybridized carbons (Fsp3) is 0.316. The minimum Gasteiger partial charge on any atom is -0.351 e. The van der Waals surface area contributed by atoms with Crippen LogP contribution in [0.25, 0.3) is 0 Å². The minimum absolute atomic E-state index is 0.103. The van der Waals surface area contributed by atoms with E-state index in [-0.39, 0.29) is 5.91 Å². The molecule has 2 aromatic carbocycles. The lowest BCUT2D eigenvalue weighted by Crippen LogP contribution is -2.36. The predicted octanol–water partition coefficient (Wildman–Crippen LogP) is 3.14. The van der Waals surface area contributed by atoms with Crippen molar-refractivity contribution in [1.82, 2.24) is 10.2 Å². The third-order valence-electron chi connectivity index (χ3n) is 4.23. The van der Waals surface area contributed by atoms with E-state index >= 15 is 0 Å². The summed E-state index contributed by atoms with van der Waals surface area (Å²) in [7, 11) is 0.